The summed E-state index contributed by atoms with van der Waals surface area (Å²) in [6.07, 6.45) is 4.78. The Morgan fingerprint density at radius 3 is 3.05 bits per heavy atom. The summed E-state index contributed by atoms with van der Waals surface area (Å²) >= 11 is 1.47. The molecule has 1 N–H and O–H groups in total. The van der Waals surface area contributed by atoms with Crippen LogP contribution in [-0.2, 0) is 11.2 Å². The van der Waals surface area contributed by atoms with Gasteiger partial charge in [-0.15, -0.1) is 0 Å². The first kappa shape index (κ1) is 13.3. The molecule has 1 saturated heterocycles. The molecule has 2 fully saturated rings. The van der Waals surface area contributed by atoms with Crippen LogP contribution in [0.3, 0.4) is 0 Å². The van der Waals surface area contributed by atoms with Gasteiger partial charge in [-0.1, -0.05) is 0 Å². The molecule has 1 aliphatic carbocycles. The molecule has 0 amide bonds. The third kappa shape index (κ3) is 3.24. The Bertz CT molecular complexity index is 421. The molecule has 1 saturated carbocycles. The zero-order valence-electron chi connectivity index (χ0n) is 11.6. The highest BCUT2D eigenvalue weighted by molar-refractivity contribution is 7.09. The van der Waals surface area contributed by atoms with Gasteiger partial charge < -0.3 is 10.1 Å². The van der Waals surface area contributed by atoms with E-state index in [0.717, 1.165) is 30.0 Å². The number of anilines is 1. The van der Waals surface area contributed by atoms with E-state index >= 15 is 0 Å². The fraction of sp³-hybridized carbons (Fsp3) is 0.846. The van der Waals surface area contributed by atoms with E-state index in [9.17, 15) is 0 Å². The van der Waals surface area contributed by atoms with E-state index in [4.69, 9.17) is 4.74 Å². The third-order valence-corrected chi connectivity index (χ3v) is 4.65. The SMILES string of the molecule is COCCc1nsc(NC2CC(C)N(C3CC3)C2)n1. The number of ether oxygens (including phenoxy) is 1. The van der Waals surface area contributed by atoms with Crippen LogP contribution in [0.25, 0.3) is 0 Å². The molecule has 2 heterocycles. The van der Waals surface area contributed by atoms with Crippen molar-refractivity contribution in [2.75, 3.05) is 25.6 Å². The first-order chi connectivity index (χ1) is 9.26. The molecular weight excluding hydrogens is 260 g/mol. The lowest BCUT2D eigenvalue weighted by atomic mass is 10.2. The van der Waals surface area contributed by atoms with E-state index in [1.165, 1.54) is 30.8 Å². The molecule has 5 nitrogen and oxygen atoms in total. The van der Waals surface area contributed by atoms with Crippen molar-refractivity contribution >= 4 is 16.7 Å². The highest BCUT2D eigenvalue weighted by Gasteiger charge is 2.38. The standard InChI is InChI=1S/C13H22N4OS/c1-9-7-10(8-17(9)11-3-4-11)14-13-15-12(16-19-13)5-6-18-2/h9-11H,3-8H2,1-2H3,(H,14,15,16). The van der Waals surface area contributed by atoms with Gasteiger partial charge in [0.25, 0.3) is 0 Å². The number of nitrogens with zero attached hydrogens (tertiary/aromatic N) is 3. The van der Waals surface area contributed by atoms with Gasteiger partial charge >= 0.3 is 0 Å². The van der Waals surface area contributed by atoms with Gasteiger partial charge in [0.15, 0.2) is 0 Å². The van der Waals surface area contributed by atoms with Crippen molar-refractivity contribution in [3.8, 4) is 0 Å². The molecule has 106 valence electrons. The number of likely N-dealkylation sites (tertiary alicyclic amines) is 1. The first-order valence-corrected chi connectivity index (χ1v) is 7.87. The van der Waals surface area contributed by atoms with E-state index in [1.807, 2.05) is 0 Å². The van der Waals surface area contributed by atoms with Crippen LogP contribution in [0.4, 0.5) is 5.13 Å². The molecular formula is C13H22N4OS. The summed E-state index contributed by atoms with van der Waals surface area (Å²) in [4.78, 5) is 7.16. The third-order valence-electron chi connectivity index (χ3n) is 3.96. The molecule has 2 aliphatic rings. The number of hydrogen-bond acceptors (Lipinski definition) is 6. The van der Waals surface area contributed by atoms with Crippen molar-refractivity contribution in [1.82, 2.24) is 14.3 Å². The zero-order valence-corrected chi connectivity index (χ0v) is 12.4. The van der Waals surface area contributed by atoms with E-state index in [1.54, 1.807) is 7.11 Å². The quantitative estimate of drug-likeness (QED) is 0.861. The van der Waals surface area contributed by atoms with Crippen molar-refractivity contribution in [3.05, 3.63) is 5.82 Å². The number of nitrogens with one attached hydrogen (secondary N) is 1. The van der Waals surface area contributed by atoms with Gasteiger partial charge in [-0.2, -0.15) is 4.37 Å². The Morgan fingerprint density at radius 1 is 1.47 bits per heavy atom. The molecule has 0 aromatic carbocycles. The summed E-state index contributed by atoms with van der Waals surface area (Å²) in [6, 6.07) is 2.08. The Hall–Kier alpha value is -0.720. The van der Waals surface area contributed by atoms with Gasteiger partial charge in [0.05, 0.1) is 6.61 Å². The van der Waals surface area contributed by atoms with Crippen molar-refractivity contribution in [2.24, 2.45) is 0 Å². The number of rotatable bonds is 6. The van der Waals surface area contributed by atoms with E-state index in [0.29, 0.717) is 18.7 Å². The monoisotopic (exact) mass is 282 g/mol. The molecule has 19 heavy (non-hydrogen) atoms. The lowest BCUT2D eigenvalue weighted by molar-refractivity contribution is 0.201. The average Bonchev–Trinajstić information content (AvgIpc) is 3.04. The summed E-state index contributed by atoms with van der Waals surface area (Å²) in [5.41, 5.74) is 0. The highest BCUT2D eigenvalue weighted by Crippen LogP contribution is 2.34. The van der Waals surface area contributed by atoms with Gasteiger partial charge in [-0.05, 0) is 26.2 Å². The predicted octanol–water partition coefficient (Wildman–Crippen LogP) is 1.76. The fourth-order valence-electron chi connectivity index (χ4n) is 2.86. The maximum absolute atomic E-state index is 5.05. The van der Waals surface area contributed by atoms with Crippen molar-refractivity contribution in [2.45, 2.75) is 50.7 Å². The fourth-order valence-corrected chi connectivity index (χ4v) is 3.55. The maximum atomic E-state index is 5.05. The van der Waals surface area contributed by atoms with Gasteiger partial charge in [0.2, 0.25) is 5.13 Å². The van der Waals surface area contributed by atoms with Gasteiger partial charge in [-0.3, -0.25) is 4.90 Å². The molecule has 1 aromatic heterocycles. The second-order valence-electron chi connectivity index (χ2n) is 5.61. The van der Waals surface area contributed by atoms with Crippen molar-refractivity contribution in [3.63, 3.8) is 0 Å². The molecule has 3 rings (SSSR count). The Balaban J connectivity index is 1.52. The van der Waals surface area contributed by atoms with Crippen LogP contribution in [0.1, 0.15) is 32.0 Å². The molecule has 1 aliphatic heterocycles. The van der Waals surface area contributed by atoms with Gasteiger partial charge in [0.1, 0.15) is 5.82 Å². The molecule has 6 heteroatoms. The minimum atomic E-state index is 0.527. The Morgan fingerprint density at radius 2 is 2.32 bits per heavy atom. The normalized spacial score (nSPS) is 27.9. The maximum Gasteiger partial charge on any atom is 0.202 e. The lowest BCUT2D eigenvalue weighted by Gasteiger charge is -2.19. The minimum absolute atomic E-state index is 0.527. The summed E-state index contributed by atoms with van der Waals surface area (Å²) < 4.78 is 9.40. The summed E-state index contributed by atoms with van der Waals surface area (Å²) in [5.74, 6) is 0.888. The van der Waals surface area contributed by atoms with Gasteiger partial charge in [0, 0.05) is 49.7 Å². The number of aromatic nitrogens is 2. The van der Waals surface area contributed by atoms with Crippen molar-refractivity contribution < 1.29 is 4.74 Å². The van der Waals surface area contributed by atoms with E-state index in [-0.39, 0.29) is 0 Å². The number of hydrogen-bond donors (Lipinski definition) is 1. The first-order valence-electron chi connectivity index (χ1n) is 7.10. The number of methoxy groups -OCH3 is 1. The Labute approximate surface area is 118 Å². The topological polar surface area (TPSA) is 50.3 Å². The zero-order chi connectivity index (χ0) is 13.2. The second kappa shape index (κ2) is 5.73. The van der Waals surface area contributed by atoms with Crippen LogP contribution in [0.15, 0.2) is 0 Å². The molecule has 1 aromatic rings. The van der Waals surface area contributed by atoms with Crippen LogP contribution in [0.5, 0.6) is 0 Å². The van der Waals surface area contributed by atoms with E-state index < -0.39 is 0 Å². The largest absolute Gasteiger partial charge is 0.384 e. The molecule has 0 bridgehead atoms. The summed E-state index contributed by atoms with van der Waals surface area (Å²) in [6.45, 7) is 4.18. The highest BCUT2D eigenvalue weighted by atomic mass is 32.1. The van der Waals surface area contributed by atoms with Crippen LogP contribution in [-0.4, -0.2) is 52.6 Å². The summed E-state index contributed by atoms with van der Waals surface area (Å²) in [7, 11) is 1.71. The predicted molar refractivity (Wildman–Crippen MR) is 76.7 cm³/mol. The smallest absolute Gasteiger partial charge is 0.202 e. The van der Waals surface area contributed by atoms with Crippen LogP contribution >= 0.6 is 11.5 Å². The van der Waals surface area contributed by atoms with Crippen molar-refractivity contribution in [1.29, 1.82) is 0 Å². The molecule has 0 radical (unpaired) electrons. The minimum Gasteiger partial charge on any atom is -0.384 e. The molecule has 0 spiro atoms. The van der Waals surface area contributed by atoms with Crippen LogP contribution in [0, 0.1) is 0 Å². The van der Waals surface area contributed by atoms with E-state index in [2.05, 4.69) is 26.5 Å². The van der Waals surface area contributed by atoms with Crippen LogP contribution < -0.4 is 5.32 Å². The second-order valence-corrected chi connectivity index (χ2v) is 6.36. The van der Waals surface area contributed by atoms with Crippen LogP contribution in [0.2, 0.25) is 0 Å². The summed E-state index contributed by atoms with van der Waals surface area (Å²) in [5, 5.41) is 4.50. The molecule has 2 atom stereocenters. The Kier molecular flexibility index (Phi) is 4.00. The lowest BCUT2D eigenvalue weighted by Crippen LogP contribution is -2.30. The van der Waals surface area contributed by atoms with Gasteiger partial charge in [-0.25, -0.2) is 4.98 Å². The molecule has 2 unspecified atom stereocenters. The average molecular weight is 282 g/mol.